The summed E-state index contributed by atoms with van der Waals surface area (Å²) < 4.78 is 10.7. The van der Waals surface area contributed by atoms with Crippen LogP contribution in [0.2, 0.25) is 0 Å². The lowest BCUT2D eigenvalue weighted by molar-refractivity contribution is 0.0600. The molecule has 0 aliphatic rings. The topological polar surface area (TPSA) is 35.5 Å². The Morgan fingerprint density at radius 3 is 1.60 bits per heavy atom. The maximum absolute atomic E-state index is 12.8. The molecule has 0 saturated heterocycles. The highest BCUT2D eigenvalue weighted by atomic mass is 16.5. The number of hydrogen-bond acceptors (Lipinski definition) is 3. The summed E-state index contributed by atoms with van der Waals surface area (Å²) in [6, 6.07) is 41.2. The molecule has 3 heteroatoms. The lowest BCUT2D eigenvalue weighted by atomic mass is 9.64. The third-order valence-corrected chi connectivity index (χ3v) is 6.61. The zero-order valence-corrected chi connectivity index (χ0v) is 19.8. The lowest BCUT2D eigenvalue weighted by Crippen LogP contribution is -2.31. The molecule has 0 atom stereocenters. The van der Waals surface area contributed by atoms with Gasteiger partial charge in [0.2, 0.25) is 0 Å². The van der Waals surface area contributed by atoms with Crippen LogP contribution in [-0.4, -0.2) is 20.2 Å². The van der Waals surface area contributed by atoms with Gasteiger partial charge >= 0.3 is 5.97 Å². The van der Waals surface area contributed by atoms with Crippen molar-refractivity contribution in [3.63, 3.8) is 0 Å². The SMILES string of the molecule is COC(=O)c1cc(C(c2ccccc2)(c2ccccc2)c2ccccc2)c2ccc(OC)cc2c1. The van der Waals surface area contributed by atoms with Crippen molar-refractivity contribution in [2.75, 3.05) is 14.2 Å². The number of esters is 1. The lowest BCUT2D eigenvalue weighted by Gasteiger charge is -2.38. The summed E-state index contributed by atoms with van der Waals surface area (Å²) >= 11 is 0. The van der Waals surface area contributed by atoms with E-state index in [9.17, 15) is 4.79 Å². The van der Waals surface area contributed by atoms with Gasteiger partial charge in [0.05, 0.1) is 25.2 Å². The van der Waals surface area contributed by atoms with E-state index >= 15 is 0 Å². The Hall–Kier alpha value is -4.37. The number of methoxy groups -OCH3 is 2. The van der Waals surface area contributed by atoms with Gasteiger partial charge < -0.3 is 9.47 Å². The van der Waals surface area contributed by atoms with Gasteiger partial charge in [-0.15, -0.1) is 0 Å². The summed E-state index contributed by atoms with van der Waals surface area (Å²) in [5.41, 5.74) is 4.14. The molecular weight excluding hydrogens is 432 g/mol. The average Bonchev–Trinajstić information content (AvgIpc) is 2.94. The number of rotatable bonds is 6. The highest BCUT2D eigenvalue weighted by molar-refractivity contribution is 5.99. The average molecular weight is 459 g/mol. The Balaban J connectivity index is 2.00. The summed E-state index contributed by atoms with van der Waals surface area (Å²) in [4.78, 5) is 12.8. The Morgan fingerprint density at radius 1 is 0.629 bits per heavy atom. The molecule has 0 saturated carbocycles. The minimum atomic E-state index is -0.680. The molecule has 5 aromatic carbocycles. The summed E-state index contributed by atoms with van der Waals surface area (Å²) in [6.45, 7) is 0. The largest absolute Gasteiger partial charge is 0.497 e. The van der Waals surface area contributed by atoms with Crippen molar-refractivity contribution in [1.29, 1.82) is 0 Å². The summed E-state index contributed by atoms with van der Waals surface area (Å²) in [5, 5.41) is 1.95. The van der Waals surface area contributed by atoms with Gasteiger partial charge in [-0.25, -0.2) is 4.79 Å². The van der Waals surface area contributed by atoms with Crippen LogP contribution >= 0.6 is 0 Å². The maximum Gasteiger partial charge on any atom is 0.337 e. The Morgan fingerprint density at radius 2 is 1.14 bits per heavy atom. The first kappa shape index (κ1) is 22.4. The van der Waals surface area contributed by atoms with Gasteiger partial charge in [0.15, 0.2) is 0 Å². The first-order chi connectivity index (χ1) is 17.2. The quantitative estimate of drug-likeness (QED) is 0.203. The zero-order valence-electron chi connectivity index (χ0n) is 19.8. The molecule has 3 nitrogen and oxygen atoms in total. The van der Waals surface area contributed by atoms with E-state index in [1.807, 2.05) is 42.5 Å². The van der Waals surface area contributed by atoms with Crippen molar-refractivity contribution in [2.45, 2.75) is 5.41 Å². The van der Waals surface area contributed by atoms with E-state index in [4.69, 9.17) is 9.47 Å². The van der Waals surface area contributed by atoms with Crippen LogP contribution in [0.5, 0.6) is 5.75 Å². The van der Waals surface area contributed by atoms with Crippen molar-refractivity contribution in [3.8, 4) is 5.75 Å². The highest BCUT2D eigenvalue weighted by Gasteiger charge is 2.40. The third-order valence-electron chi connectivity index (χ3n) is 6.61. The molecule has 0 heterocycles. The Kier molecular flexibility index (Phi) is 6.07. The van der Waals surface area contributed by atoms with Crippen LogP contribution in [0.1, 0.15) is 32.6 Å². The molecule has 0 unspecified atom stereocenters. The second-order valence-electron chi connectivity index (χ2n) is 8.45. The first-order valence-corrected chi connectivity index (χ1v) is 11.6. The monoisotopic (exact) mass is 458 g/mol. The summed E-state index contributed by atoms with van der Waals surface area (Å²) in [5.74, 6) is 0.356. The van der Waals surface area contributed by atoms with Gasteiger partial charge in [-0.05, 0) is 57.3 Å². The van der Waals surface area contributed by atoms with Gasteiger partial charge in [0.25, 0.3) is 0 Å². The molecule has 0 N–H and O–H groups in total. The van der Waals surface area contributed by atoms with Gasteiger partial charge in [0.1, 0.15) is 5.75 Å². The van der Waals surface area contributed by atoms with Gasteiger partial charge in [-0.1, -0.05) is 97.1 Å². The number of carbonyl (C=O) groups is 1. The fraction of sp³-hybridized carbons (Fsp3) is 0.0938. The molecule has 0 bridgehead atoms. The Labute approximate surface area is 205 Å². The number of fused-ring (bicyclic) bond motifs is 1. The number of hydrogen-bond donors (Lipinski definition) is 0. The predicted octanol–water partition coefficient (Wildman–Crippen LogP) is 7.02. The second-order valence-corrected chi connectivity index (χ2v) is 8.45. The molecule has 5 aromatic rings. The van der Waals surface area contributed by atoms with E-state index < -0.39 is 5.41 Å². The molecule has 172 valence electrons. The predicted molar refractivity (Wildman–Crippen MR) is 140 cm³/mol. The molecule has 35 heavy (non-hydrogen) atoms. The van der Waals surface area contributed by atoms with Crippen molar-refractivity contribution >= 4 is 16.7 Å². The Bertz CT molecular complexity index is 1360. The molecule has 0 aromatic heterocycles. The van der Waals surface area contributed by atoms with Gasteiger partial charge in [-0.2, -0.15) is 0 Å². The van der Waals surface area contributed by atoms with Crippen LogP contribution in [0.3, 0.4) is 0 Å². The zero-order chi connectivity index (χ0) is 24.3. The summed E-state index contributed by atoms with van der Waals surface area (Å²) in [7, 11) is 3.06. The van der Waals surface area contributed by atoms with Crippen molar-refractivity contribution in [1.82, 2.24) is 0 Å². The molecule has 0 amide bonds. The van der Waals surface area contributed by atoms with Crippen LogP contribution in [0.15, 0.2) is 121 Å². The minimum absolute atomic E-state index is 0.376. The van der Waals surface area contributed by atoms with Crippen LogP contribution in [-0.2, 0) is 10.2 Å². The molecule has 5 rings (SSSR count). The van der Waals surface area contributed by atoms with E-state index in [1.165, 1.54) is 7.11 Å². The van der Waals surface area contributed by atoms with Crippen LogP contribution in [0.25, 0.3) is 10.8 Å². The van der Waals surface area contributed by atoms with Crippen LogP contribution < -0.4 is 4.74 Å². The third kappa shape index (κ3) is 3.85. The van der Waals surface area contributed by atoms with Crippen molar-refractivity contribution < 1.29 is 14.3 Å². The van der Waals surface area contributed by atoms with E-state index in [-0.39, 0.29) is 5.97 Å². The fourth-order valence-electron chi connectivity index (χ4n) is 5.05. The van der Waals surface area contributed by atoms with E-state index in [2.05, 4.69) is 78.9 Å². The molecular formula is C32H26O3. The normalized spacial score (nSPS) is 11.3. The van der Waals surface area contributed by atoms with Crippen LogP contribution in [0, 0.1) is 0 Å². The number of carbonyl (C=O) groups excluding carboxylic acids is 1. The standard InChI is InChI=1S/C32H26O3/c1-34-28-18-19-29-23(21-28)20-24(31(33)35-2)22-30(29)32(25-12-6-3-7-13-25,26-14-8-4-9-15-26)27-16-10-5-11-17-27/h3-22H,1-2H3. The van der Waals surface area contributed by atoms with Crippen molar-refractivity contribution in [3.05, 3.63) is 149 Å². The van der Waals surface area contributed by atoms with Gasteiger partial charge in [0, 0.05) is 0 Å². The number of benzene rings is 5. The smallest absolute Gasteiger partial charge is 0.337 e. The minimum Gasteiger partial charge on any atom is -0.497 e. The van der Waals surface area contributed by atoms with Crippen molar-refractivity contribution in [2.24, 2.45) is 0 Å². The maximum atomic E-state index is 12.8. The number of ether oxygens (including phenoxy) is 2. The van der Waals surface area contributed by atoms with E-state index in [0.717, 1.165) is 38.8 Å². The molecule has 0 aliphatic carbocycles. The fourth-order valence-corrected chi connectivity index (χ4v) is 5.05. The highest BCUT2D eigenvalue weighted by Crippen LogP contribution is 2.48. The summed E-state index contributed by atoms with van der Waals surface area (Å²) in [6.07, 6.45) is 0. The second kappa shape index (κ2) is 9.47. The van der Waals surface area contributed by atoms with Gasteiger partial charge in [-0.3, -0.25) is 0 Å². The van der Waals surface area contributed by atoms with Crippen LogP contribution in [0.4, 0.5) is 0 Å². The molecule has 0 spiro atoms. The molecule has 0 fully saturated rings. The first-order valence-electron chi connectivity index (χ1n) is 11.6. The van der Waals surface area contributed by atoms with E-state index in [1.54, 1.807) is 7.11 Å². The molecule has 0 radical (unpaired) electrons. The van der Waals surface area contributed by atoms with E-state index in [0.29, 0.717) is 5.56 Å². The molecule has 0 aliphatic heterocycles.